The lowest BCUT2D eigenvalue weighted by atomic mass is 10.2. The van der Waals surface area contributed by atoms with E-state index < -0.39 is 0 Å². The van der Waals surface area contributed by atoms with Gasteiger partial charge in [0.15, 0.2) is 5.82 Å². The van der Waals surface area contributed by atoms with Crippen LogP contribution in [0, 0.1) is 0 Å². The molecule has 0 unspecified atom stereocenters. The Balaban J connectivity index is 2.21. The van der Waals surface area contributed by atoms with E-state index in [-0.39, 0.29) is 0 Å². The van der Waals surface area contributed by atoms with Gasteiger partial charge >= 0.3 is 0 Å². The highest BCUT2D eigenvalue weighted by atomic mass is 79.9. The van der Waals surface area contributed by atoms with Crippen LogP contribution >= 0.6 is 15.9 Å². The van der Waals surface area contributed by atoms with Crippen LogP contribution < -0.4 is 5.73 Å². The molecule has 18 heavy (non-hydrogen) atoms. The van der Waals surface area contributed by atoms with Gasteiger partial charge in [-0.2, -0.15) is 4.98 Å². The SMILES string of the molecule is CN(C)CCc1noc(-c2cc(N)ccc2Br)n1. The smallest absolute Gasteiger partial charge is 0.259 e. The van der Waals surface area contributed by atoms with Gasteiger partial charge in [-0.05, 0) is 48.2 Å². The van der Waals surface area contributed by atoms with Gasteiger partial charge in [-0.1, -0.05) is 5.16 Å². The molecule has 1 heterocycles. The number of benzene rings is 1. The number of anilines is 1. The van der Waals surface area contributed by atoms with Crippen LogP contribution in [0.1, 0.15) is 5.82 Å². The first-order chi connectivity index (χ1) is 8.56. The number of likely N-dealkylation sites (N-methyl/N-ethyl adjacent to an activating group) is 1. The minimum absolute atomic E-state index is 0.489. The number of nitrogen functional groups attached to an aromatic ring is 1. The Bertz CT molecular complexity index is 539. The van der Waals surface area contributed by atoms with Crippen LogP contribution in [0.5, 0.6) is 0 Å². The maximum absolute atomic E-state index is 5.75. The van der Waals surface area contributed by atoms with Gasteiger partial charge in [-0.15, -0.1) is 0 Å². The minimum Gasteiger partial charge on any atom is -0.399 e. The van der Waals surface area contributed by atoms with Crippen molar-refractivity contribution in [2.75, 3.05) is 26.4 Å². The van der Waals surface area contributed by atoms with Crippen molar-refractivity contribution in [1.82, 2.24) is 15.0 Å². The van der Waals surface area contributed by atoms with E-state index >= 15 is 0 Å². The fraction of sp³-hybridized carbons (Fsp3) is 0.333. The largest absolute Gasteiger partial charge is 0.399 e. The lowest BCUT2D eigenvalue weighted by molar-refractivity contribution is 0.392. The van der Waals surface area contributed by atoms with E-state index in [4.69, 9.17) is 10.3 Å². The summed E-state index contributed by atoms with van der Waals surface area (Å²) in [5.41, 5.74) is 7.24. The Morgan fingerprint density at radius 3 is 2.89 bits per heavy atom. The summed E-state index contributed by atoms with van der Waals surface area (Å²) in [6.45, 7) is 0.886. The van der Waals surface area contributed by atoms with Crippen molar-refractivity contribution >= 4 is 21.6 Å². The first-order valence-corrected chi connectivity index (χ1v) is 6.38. The maximum Gasteiger partial charge on any atom is 0.259 e. The second-order valence-corrected chi connectivity index (χ2v) is 5.16. The summed E-state index contributed by atoms with van der Waals surface area (Å²) in [5.74, 6) is 1.19. The third kappa shape index (κ3) is 3.08. The summed E-state index contributed by atoms with van der Waals surface area (Å²) in [7, 11) is 4.02. The molecule has 0 amide bonds. The van der Waals surface area contributed by atoms with Crippen LogP contribution in [0.3, 0.4) is 0 Å². The van der Waals surface area contributed by atoms with Crippen LogP contribution in [0.15, 0.2) is 27.2 Å². The molecule has 0 fully saturated rings. The van der Waals surface area contributed by atoms with Crippen molar-refractivity contribution in [2.45, 2.75) is 6.42 Å². The summed E-state index contributed by atoms with van der Waals surface area (Å²) in [5, 5.41) is 3.96. The van der Waals surface area contributed by atoms with E-state index in [1.54, 1.807) is 0 Å². The molecule has 0 bridgehead atoms. The molecular weight excluding hydrogens is 296 g/mol. The molecule has 96 valence electrons. The lowest BCUT2D eigenvalue weighted by Crippen LogP contribution is -2.15. The van der Waals surface area contributed by atoms with Crippen molar-refractivity contribution in [3.8, 4) is 11.5 Å². The summed E-state index contributed by atoms with van der Waals surface area (Å²) >= 11 is 3.45. The number of hydrogen-bond donors (Lipinski definition) is 1. The zero-order valence-corrected chi connectivity index (χ0v) is 11.9. The van der Waals surface area contributed by atoms with Crippen LogP contribution in [0.2, 0.25) is 0 Å². The van der Waals surface area contributed by atoms with Crippen molar-refractivity contribution < 1.29 is 4.52 Å². The normalized spacial score (nSPS) is 11.1. The Hall–Kier alpha value is -1.40. The topological polar surface area (TPSA) is 68.2 Å². The third-order valence-corrected chi connectivity index (χ3v) is 3.16. The predicted molar refractivity (Wildman–Crippen MR) is 74.1 cm³/mol. The van der Waals surface area contributed by atoms with Gasteiger partial charge in [0.05, 0.1) is 5.56 Å². The molecule has 0 saturated carbocycles. The molecule has 0 spiro atoms. The average Bonchev–Trinajstić information content (AvgIpc) is 2.78. The van der Waals surface area contributed by atoms with E-state index in [0.29, 0.717) is 17.4 Å². The molecule has 6 heteroatoms. The molecule has 0 radical (unpaired) electrons. The van der Waals surface area contributed by atoms with Crippen LogP contribution in [0.25, 0.3) is 11.5 Å². The molecular formula is C12H15BrN4O. The first-order valence-electron chi connectivity index (χ1n) is 5.59. The van der Waals surface area contributed by atoms with E-state index in [0.717, 1.165) is 23.0 Å². The van der Waals surface area contributed by atoms with E-state index in [9.17, 15) is 0 Å². The molecule has 1 aromatic heterocycles. The Kier molecular flexibility index (Phi) is 3.98. The number of rotatable bonds is 4. The fourth-order valence-electron chi connectivity index (χ4n) is 1.50. The van der Waals surface area contributed by atoms with Crippen LogP contribution in [-0.2, 0) is 6.42 Å². The van der Waals surface area contributed by atoms with Gasteiger partial charge in [0.2, 0.25) is 0 Å². The maximum atomic E-state index is 5.75. The summed E-state index contributed by atoms with van der Waals surface area (Å²) in [6, 6.07) is 5.50. The Morgan fingerprint density at radius 2 is 2.17 bits per heavy atom. The van der Waals surface area contributed by atoms with E-state index in [2.05, 4.69) is 31.0 Å². The first kappa shape index (κ1) is 13.0. The molecule has 2 N–H and O–H groups in total. The molecule has 0 saturated heterocycles. The molecule has 2 rings (SSSR count). The second kappa shape index (κ2) is 5.49. The van der Waals surface area contributed by atoms with Crippen LogP contribution in [-0.4, -0.2) is 35.7 Å². The van der Waals surface area contributed by atoms with Gasteiger partial charge < -0.3 is 15.2 Å². The molecule has 0 aliphatic rings. The second-order valence-electron chi connectivity index (χ2n) is 4.31. The van der Waals surface area contributed by atoms with Crippen molar-refractivity contribution in [1.29, 1.82) is 0 Å². The van der Waals surface area contributed by atoms with Gasteiger partial charge in [-0.25, -0.2) is 0 Å². The van der Waals surface area contributed by atoms with Crippen molar-refractivity contribution in [3.05, 3.63) is 28.5 Å². The van der Waals surface area contributed by atoms with Gasteiger partial charge in [-0.3, -0.25) is 0 Å². The Labute approximate surface area is 114 Å². The predicted octanol–water partition coefficient (Wildman–Crippen LogP) is 2.19. The lowest BCUT2D eigenvalue weighted by Gasteiger charge is -2.05. The monoisotopic (exact) mass is 310 g/mol. The van der Waals surface area contributed by atoms with E-state index in [1.807, 2.05) is 32.3 Å². The van der Waals surface area contributed by atoms with Gasteiger partial charge in [0, 0.05) is 23.1 Å². The summed E-state index contributed by atoms with van der Waals surface area (Å²) < 4.78 is 6.14. The highest BCUT2D eigenvalue weighted by Gasteiger charge is 2.12. The highest BCUT2D eigenvalue weighted by molar-refractivity contribution is 9.10. The molecule has 2 aromatic rings. The molecule has 0 aliphatic carbocycles. The zero-order valence-electron chi connectivity index (χ0n) is 10.4. The highest BCUT2D eigenvalue weighted by Crippen LogP contribution is 2.28. The number of nitrogens with two attached hydrogens (primary N) is 1. The fourth-order valence-corrected chi connectivity index (χ4v) is 1.91. The molecule has 5 nitrogen and oxygen atoms in total. The number of hydrogen-bond acceptors (Lipinski definition) is 5. The average molecular weight is 311 g/mol. The van der Waals surface area contributed by atoms with Gasteiger partial charge in [0.1, 0.15) is 0 Å². The third-order valence-electron chi connectivity index (χ3n) is 2.47. The summed E-state index contributed by atoms with van der Waals surface area (Å²) in [4.78, 5) is 6.44. The molecule has 1 aromatic carbocycles. The minimum atomic E-state index is 0.489. The number of nitrogens with zero attached hydrogens (tertiary/aromatic N) is 3. The standard InChI is InChI=1S/C12H15BrN4O/c1-17(2)6-5-11-15-12(18-16-11)9-7-8(14)3-4-10(9)13/h3-4,7H,5-6,14H2,1-2H3. The quantitative estimate of drug-likeness (QED) is 0.877. The van der Waals surface area contributed by atoms with Crippen LogP contribution in [0.4, 0.5) is 5.69 Å². The zero-order chi connectivity index (χ0) is 13.1. The van der Waals surface area contributed by atoms with Crippen molar-refractivity contribution in [2.24, 2.45) is 0 Å². The van der Waals surface area contributed by atoms with E-state index in [1.165, 1.54) is 0 Å². The summed E-state index contributed by atoms with van der Waals surface area (Å²) in [6.07, 6.45) is 0.760. The number of aromatic nitrogens is 2. The van der Waals surface area contributed by atoms with Crippen molar-refractivity contribution in [3.63, 3.8) is 0 Å². The molecule has 0 atom stereocenters. The van der Waals surface area contributed by atoms with Gasteiger partial charge in [0.25, 0.3) is 5.89 Å². The molecule has 0 aliphatic heterocycles. The number of halogens is 1. The Morgan fingerprint density at radius 1 is 1.39 bits per heavy atom.